The van der Waals surface area contributed by atoms with Gasteiger partial charge in [-0.25, -0.2) is 0 Å². The first-order valence-corrected chi connectivity index (χ1v) is 15.6. The summed E-state index contributed by atoms with van der Waals surface area (Å²) in [7, 11) is 3.50. The zero-order valence-corrected chi connectivity index (χ0v) is 24.2. The maximum atomic E-state index is 12.9. The van der Waals surface area contributed by atoms with Crippen molar-refractivity contribution < 1.29 is 29.5 Å². The molecular formula is C34H43NO6. The number of likely N-dealkylation sites (tertiary alicyclic amines) is 1. The Morgan fingerprint density at radius 3 is 2.61 bits per heavy atom. The van der Waals surface area contributed by atoms with Crippen LogP contribution < -0.4 is 9.47 Å². The molecule has 7 nitrogen and oxygen atoms in total. The van der Waals surface area contributed by atoms with Crippen LogP contribution >= 0.6 is 0 Å². The van der Waals surface area contributed by atoms with Gasteiger partial charge in [0.2, 0.25) is 0 Å². The monoisotopic (exact) mass is 561 g/mol. The second kappa shape index (κ2) is 8.93. The molecule has 41 heavy (non-hydrogen) atoms. The summed E-state index contributed by atoms with van der Waals surface area (Å²) in [6.45, 7) is 1.80. The maximum absolute atomic E-state index is 12.9. The van der Waals surface area contributed by atoms with Crippen molar-refractivity contribution >= 4 is 0 Å². The van der Waals surface area contributed by atoms with Crippen LogP contribution in [0.25, 0.3) is 0 Å². The number of hydrogen-bond donors (Lipinski definition) is 3. The van der Waals surface area contributed by atoms with Crippen LogP contribution in [0.3, 0.4) is 0 Å². The van der Waals surface area contributed by atoms with Gasteiger partial charge >= 0.3 is 0 Å². The number of piperidine rings is 1. The number of nitrogens with zero attached hydrogens (tertiary/aromatic N) is 1. The molecule has 2 aromatic carbocycles. The van der Waals surface area contributed by atoms with E-state index in [9.17, 15) is 15.3 Å². The molecule has 2 aliphatic heterocycles. The first kappa shape index (κ1) is 26.5. The highest BCUT2D eigenvalue weighted by Crippen LogP contribution is 2.78. The number of ether oxygens (including phenoxy) is 3. The Morgan fingerprint density at radius 2 is 1.90 bits per heavy atom. The quantitative estimate of drug-likeness (QED) is 0.431. The van der Waals surface area contributed by atoms with E-state index < -0.39 is 23.9 Å². The van der Waals surface area contributed by atoms with Crippen molar-refractivity contribution in [2.45, 2.75) is 86.2 Å². The molecule has 4 saturated carbocycles. The summed E-state index contributed by atoms with van der Waals surface area (Å²) in [5, 5.41) is 33.7. The molecular weight excluding hydrogens is 518 g/mol. The van der Waals surface area contributed by atoms with Gasteiger partial charge in [0.15, 0.2) is 11.5 Å². The Hall–Kier alpha value is -2.16. The van der Waals surface area contributed by atoms with E-state index in [0.717, 1.165) is 68.2 Å². The van der Waals surface area contributed by atoms with Gasteiger partial charge in [-0.3, -0.25) is 4.90 Å². The van der Waals surface area contributed by atoms with Crippen LogP contribution in [0, 0.1) is 17.3 Å². The average molecular weight is 562 g/mol. The SMILES string of the molecule is COc1ccc2c3c1O[C@H]1[C@@]4(OC)CC[C@@]5(C[C@@H]4C(O)(CC(O)CO)c4ccccc4)[C@@H](C2)N(CC2CC2)CC[C@]315. The van der Waals surface area contributed by atoms with Gasteiger partial charge in [0.25, 0.3) is 0 Å². The number of hydrogen-bond acceptors (Lipinski definition) is 7. The van der Waals surface area contributed by atoms with Crippen molar-refractivity contribution in [2.24, 2.45) is 17.3 Å². The third-order valence-corrected chi connectivity index (χ3v) is 12.5. The fourth-order valence-corrected chi connectivity index (χ4v) is 10.7. The van der Waals surface area contributed by atoms with Gasteiger partial charge in [0.1, 0.15) is 11.7 Å². The fraction of sp³-hybridized carbons (Fsp3) is 0.647. The molecule has 2 unspecified atom stereocenters. The van der Waals surface area contributed by atoms with Crippen LogP contribution in [0.15, 0.2) is 42.5 Å². The summed E-state index contributed by atoms with van der Waals surface area (Å²) in [5.74, 6) is 2.11. The number of benzene rings is 2. The summed E-state index contributed by atoms with van der Waals surface area (Å²) in [6.07, 6.45) is 5.94. The van der Waals surface area contributed by atoms with Crippen LogP contribution in [-0.2, 0) is 22.2 Å². The minimum absolute atomic E-state index is 0.0388. The molecule has 5 fully saturated rings. The first-order valence-electron chi connectivity index (χ1n) is 15.6. The zero-order valence-electron chi connectivity index (χ0n) is 24.2. The van der Waals surface area contributed by atoms with Crippen molar-refractivity contribution in [2.75, 3.05) is 33.9 Å². The van der Waals surface area contributed by atoms with Gasteiger partial charge in [-0.05, 0) is 74.6 Å². The Labute approximate surface area is 242 Å². The summed E-state index contributed by atoms with van der Waals surface area (Å²) >= 11 is 0. The number of methoxy groups -OCH3 is 2. The van der Waals surface area contributed by atoms with E-state index in [4.69, 9.17) is 14.2 Å². The van der Waals surface area contributed by atoms with Gasteiger partial charge in [-0.15, -0.1) is 0 Å². The molecule has 0 amide bonds. The van der Waals surface area contributed by atoms with Crippen LogP contribution in [0.5, 0.6) is 11.5 Å². The molecule has 0 aromatic heterocycles. The summed E-state index contributed by atoms with van der Waals surface area (Å²) in [4.78, 5) is 2.79. The number of fused-ring (bicyclic) bond motifs is 2. The van der Waals surface area contributed by atoms with Crippen molar-refractivity contribution in [3.63, 3.8) is 0 Å². The van der Waals surface area contributed by atoms with E-state index >= 15 is 0 Å². The van der Waals surface area contributed by atoms with E-state index in [1.54, 1.807) is 14.2 Å². The predicted octanol–water partition coefficient (Wildman–Crippen LogP) is 3.55. The molecule has 2 heterocycles. The average Bonchev–Trinajstić information content (AvgIpc) is 3.75. The second-order valence-corrected chi connectivity index (χ2v) is 13.9. The van der Waals surface area contributed by atoms with E-state index in [2.05, 4.69) is 17.0 Å². The molecule has 1 saturated heterocycles. The fourth-order valence-electron chi connectivity index (χ4n) is 10.7. The first-order chi connectivity index (χ1) is 19.9. The normalized spacial score (nSPS) is 38.6. The van der Waals surface area contributed by atoms with Crippen LogP contribution in [0.2, 0.25) is 0 Å². The van der Waals surface area contributed by atoms with E-state index in [1.807, 2.05) is 30.3 Å². The highest BCUT2D eigenvalue weighted by molar-refractivity contribution is 5.64. The summed E-state index contributed by atoms with van der Waals surface area (Å²) in [6, 6.07) is 14.4. The molecule has 220 valence electrons. The Kier molecular flexibility index (Phi) is 5.76. The molecule has 7 heteroatoms. The molecule has 5 aliphatic carbocycles. The number of aliphatic hydroxyl groups excluding tert-OH is 2. The molecule has 2 spiro atoms. The zero-order chi connectivity index (χ0) is 28.2. The molecule has 7 aliphatic rings. The standard InChI is InChI=1S/C34H43NO6/c1-39-25-11-10-22-16-27-31-12-13-34(40-2,26(18-31)33(38,17-24(37)20-36)23-6-4-3-5-7-23)30-32(31,28(22)29(25)41-30)14-15-35(27)19-21-8-9-21/h3-7,10-11,21,24,26-27,30,36-38H,8-9,12-20H2,1-2H3/t24?,26-,27-,30-,31-,32+,33?,34-/m1/s1. The van der Waals surface area contributed by atoms with Crippen LogP contribution in [-0.4, -0.2) is 78.0 Å². The largest absolute Gasteiger partial charge is 0.493 e. The van der Waals surface area contributed by atoms with Gasteiger partial charge in [0, 0.05) is 48.4 Å². The maximum Gasteiger partial charge on any atom is 0.165 e. The lowest BCUT2D eigenvalue weighted by atomic mass is 9.33. The van der Waals surface area contributed by atoms with Crippen LogP contribution in [0.4, 0.5) is 0 Å². The highest BCUT2D eigenvalue weighted by atomic mass is 16.6. The molecule has 2 aromatic rings. The predicted molar refractivity (Wildman–Crippen MR) is 153 cm³/mol. The minimum Gasteiger partial charge on any atom is -0.493 e. The topological polar surface area (TPSA) is 91.6 Å². The Balaban J connectivity index is 1.35. The summed E-state index contributed by atoms with van der Waals surface area (Å²) < 4.78 is 19.7. The molecule has 0 radical (unpaired) electrons. The van der Waals surface area contributed by atoms with Crippen molar-refractivity contribution in [1.29, 1.82) is 0 Å². The van der Waals surface area contributed by atoms with Gasteiger partial charge in [0.05, 0.1) is 25.4 Å². The smallest absolute Gasteiger partial charge is 0.165 e. The molecule has 9 rings (SSSR count). The number of aliphatic hydroxyl groups is 3. The third kappa shape index (κ3) is 3.22. The Bertz CT molecular complexity index is 1350. The van der Waals surface area contributed by atoms with Crippen LogP contribution in [0.1, 0.15) is 61.6 Å². The van der Waals surface area contributed by atoms with Gasteiger partial charge in [-0.1, -0.05) is 36.4 Å². The van der Waals surface area contributed by atoms with Gasteiger partial charge in [-0.2, -0.15) is 0 Å². The van der Waals surface area contributed by atoms with E-state index in [1.165, 1.54) is 24.0 Å². The molecule has 4 bridgehead atoms. The summed E-state index contributed by atoms with van der Waals surface area (Å²) in [5.41, 5.74) is 0.971. The van der Waals surface area contributed by atoms with E-state index in [-0.39, 0.29) is 29.3 Å². The Morgan fingerprint density at radius 1 is 1.10 bits per heavy atom. The van der Waals surface area contributed by atoms with Crippen molar-refractivity contribution in [3.8, 4) is 11.5 Å². The lowest BCUT2D eigenvalue weighted by Crippen LogP contribution is -2.82. The number of rotatable bonds is 9. The second-order valence-electron chi connectivity index (χ2n) is 13.9. The lowest BCUT2D eigenvalue weighted by molar-refractivity contribution is -0.309. The van der Waals surface area contributed by atoms with E-state index in [0.29, 0.717) is 6.04 Å². The van der Waals surface area contributed by atoms with Crippen molar-refractivity contribution in [3.05, 3.63) is 59.2 Å². The lowest BCUT2D eigenvalue weighted by Gasteiger charge is -2.75. The highest BCUT2D eigenvalue weighted by Gasteiger charge is 2.82. The van der Waals surface area contributed by atoms with Crippen molar-refractivity contribution in [1.82, 2.24) is 4.90 Å². The molecule has 8 atom stereocenters. The minimum atomic E-state index is -1.41. The van der Waals surface area contributed by atoms with Gasteiger partial charge < -0.3 is 29.5 Å². The molecule has 3 N–H and O–H groups in total. The third-order valence-electron chi connectivity index (χ3n) is 12.5.